The Balaban J connectivity index is 2.83. The second kappa shape index (κ2) is 5.96. The molecule has 1 nitrogen and oxygen atoms in total. The Hall–Kier alpha value is -0.410. The quantitative estimate of drug-likeness (QED) is 0.852. The average molecular weight is 302 g/mol. The Morgan fingerprint density at radius 1 is 1.35 bits per heavy atom. The Kier molecular flexibility index (Phi) is 5.14. The van der Waals surface area contributed by atoms with Crippen molar-refractivity contribution in [1.82, 2.24) is 5.32 Å². The lowest BCUT2D eigenvalue weighted by Gasteiger charge is -2.24. The fourth-order valence-corrected chi connectivity index (χ4v) is 2.36. The van der Waals surface area contributed by atoms with E-state index in [0.29, 0.717) is 9.89 Å². The van der Waals surface area contributed by atoms with E-state index in [4.69, 9.17) is 0 Å². The average Bonchev–Trinajstić information content (AvgIpc) is 2.23. The summed E-state index contributed by atoms with van der Waals surface area (Å²) in [5.41, 5.74) is 1.30. The molecule has 0 saturated carbocycles. The van der Waals surface area contributed by atoms with E-state index in [0.717, 1.165) is 18.4 Å². The summed E-state index contributed by atoms with van der Waals surface area (Å²) in [4.78, 5) is 0. The molecule has 1 aromatic rings. The SMILES string of the molecule is CNC(CCC(C)(C)C)c1cccc(F)c1Br. The number of benzene rings is 1. The third-order valence-electron chi connectivity index (χ3n) is 2.89. The summed E-state index contributed by atoms with van der Waals surface area (Å²) in [6.45, 7) is 6.67. The molecule has 17 heavy (non-hydrogen) atoms. The molecule has 1 N–H and O–H groups in total. The zero-order valence-corrected chi connectivity index (χ0v) is 12.6. The molecule has 0 spiro atoms. The molecule has 0 fully saturated rings. The van der Waals surface area contributed by atoms with Crippen LogP contribution in [-0.4, -0.2) is 7.05 Å². The molecular formula is C14H21BrFN. The number of hydrogen-bond donors (Lipinski definition) is 1. The van der Waals surface area contributed by atoms with Gasteiger partial charge < -0.3 is 5.32 Å². The zero-order chi connectivity index (χ0) is 13.1. The third-order valence-corrected chi connectivity index (χ3v) is 3.72. The van der Waals surface area contributed by atoms with Gasteiger partial charge in [0.1, 0.15) is 5.82 Å². The summed E-state index contributed by atoms with van der Waals surface area (Å²) in [7, 11) is 1.92. The van der Waals surface area contributed by atoms with E-state index >= 15 is 0 Å². The van der Waals surface area contributed by atoms with E-state index in [1.165, 1.54) is 6.07 Å². The standard InChI is InChI=1S/C14H21BrFN/c1-14(2,3)9-8-12(17-4)10-6-5-7-11(16)13(10)15/h5-7,12,17H,8-9H2,1-4H3. The van der Waals surface area contributed by atoms with Gasteiger partial charge in [0.15, 0.2) is 0 Å². The molecule has 0 aliphatic carbocycles. The van der Waals surface area contributed by atoms with Crippen LogP contribution >= 0.6 is 15.9 Å². The molecule has 3 heteroatoms. The van der Waals surface area contributed by atoms with Crippen molar-refractivity contribution in [1.29, 1.82) is 0 Å². The first-order chi connectivity index (χ1) is 7.85. The van der Waals surface area contributed by atoms with Crippen LogP contribution in [0.2, 0.25) is 0 Å². The summed E-state index contributed by atoms with van der Waals surface area (Å²) >= 11 is 3.33. The highest BCUT2D eigenvalue weighted by Crippen LogP contribution is 2.31. The van der Waals surface area contributed by atoms with Gasteiger partial charge in [-0.1, -0.05) is 32.9 Å². The largest absolute Gasteiger partial charge is 0.313 e. The van der Waals surface area contributed by atoms with Crippen LogP contribution in [0.1, 0.15) is 45.2 Å². The topological polar surface area (TPSA) is 12.0 Å². The Bertz CT molecular complexity index is 371. The van der Waals surface area contributed by atoms with E-state index in [-0.39, 0.29) is 11.9 Å². The first kappa shape index (κ1) is 14.7. The number of nitrogens with one attached hydrogen (secondary N) is 1. The van der Waals surface area contributed by atoms with E-state index in [2.05, 4.69) is 42.0 Å². The Labute approximate surface area is 112 Å². The molecule has 1 aromatic carbocycles. The van der Waals surface area contributed by atoms with Crippen LogP contribution < -0.4 is 5.32 Å². The van der Waals surface area contributed by atoms with Gasteiger partial charge in [0.05, 0.1) is 4.47 Å². The number of hydrogen-bond acceptors (Lipinski definition) is 1. The Morgan fingerprint density at radius 2 is 2.00 bits per heavy atom. The van der Waals surface area contributed by atoms with Crippen molar-refractivity contribution in [2.75, 3.05) is 7.05 Å². The van der Waals surface area contributed by atoms with Crippen molar-refractivity contribution in [2.24, 2.45) is 5.41 Å². The van der Waals surface area contributed by atoms with Gasteiger partial charge in [0.2, 0.25) is 0 Å². The normalized spacial score (nSPS) is 13.8. The van der Waals surface area contributed by atoms with Crippen LogP contribution in [0, 0.1) is 11.2 Å². The van der Waals surface area contributed by atoms with Gasteiger partial charge >= 0.3 is 0 Å². The van der Waals surface area contributed by atoms with Crippen LogP contribution in [0.4, 0.5) is 4.39 Å². The molecule has 0 aliphatic rings. The van der Waals surface area contributed by atoms with Gasteiger partial charge in [-0.3, -0.25) is 0 Å². The first-order valence-corrected chi connectivity index (χ1v) is 6.75. The fourth-order valence-electron chi connectivity index (χ4n) is 1.82. The minimum atomic E-state index is -0.196. The van der Waals surface area contributed by atoms with Crippen LogP contribution in [0.25, 0.3) is 0 Å². The maximum atomic E-state index is 13.5. The highest BCUT2D eigenvalue weighted by molar-refractivity contribution is 9.10. The Morgan fingerprint density at radius 3 is 2.53 bits per heavy atom. The summed E-state index contributed by atoms with van der Waals surface area (Å²) in [5, 5.41) is 3.26. The minimum Gasteiger partial charge on any atom is -0.313 e. The van der Waals surface area contributed by atoms with Gasteiger partial charge in [0, 0.05) is 6.04 Å². The van der Waals surface area contributed by atoms with Crippen molar-refractivity contribution in [2.45, 2.75) is 39.7 Å². The predicted molar refractivity (Wildman–Crippen MR) is 74.6 cm³/mol. The molecule has 0 bridgehead atoms. The van der Waals surface area contributed by atoms with Gasteiger partial charge in [-0.2, -0.15) is 0 Å². The molecule has 0 radical (unpaired) electrons. The molecule has 0 amide bonds. The van der Waals surface area contributed by atoms with Crippen molar-refractivity contribution >= 4 is 15.9 Å². The number of rotatable bonds is 4. The summed E-state index contributed by atoms with van der Waals surface area (Å²) in [6.07, 6.45) is 2.10. The maximum Gasteiger partial charge on any atom is 0.137 e. The molecule has 0 aromatic heterocycles. The minimum absolute atomic E-state index is 0.194. The second-order valence-corrected chi connectivity index (χ2v) is 6.38. The van der Waals surface area contributed by atoms with E-state index in [9.17, 15) is 4.39 Å². The fraction of sp³-hybridized carbons (Fsp3) is 0.571. The van der Waals surface area contributed by atoms with E-state index < -0.39 is 0 Å². The molecule has 1 unspecified atom stereocenters. The number of halogens is 2. The van der Waals surface area contributed by atoms with Crippen molar-refractivity contribution in [3.05, 3.63) is 34.1 Å². The van der Waals surface area contributed by atoms with Gasteiger partial charge in [-0.05, 0) is 52.9 Å². The van der Waals surface area contributed by atoms with Crippen LogP contribution in [0.5, 0.6) is 0 Å². The monoisotopic (exact) mass is 301 g/mol. The lowest BCUT2D eigenvalue weighted by atomic mass is 9.87. The van der Waals surface area contributed by atoms with Crippen molar-refractivity contribution in [3.63, 3.8) is 0 Å². The molecule has 0 saturated heterocycles. The van der Waals surface area contributed by atoms with E-state index in [1.807, 2.05) is 13.1 Å². The molecule has 1 rings (SSSR count). The molecule has 0 aliphatic heterocycles. The first-order valence-electron chi connectivity index (χ1n) is 5.96. The smallest absolute Gasteiger partial charge is 0.137 e. The molecular weight excluding hydrogens is 281 g/mol. The molecule has 96 valence electrons. The van der Waals surface area contributed by atoms with Crippen molar-refractivity contribution < 1.29 is 4.39 Å². The van der Waals surface area contributed by atoms with Crippen LogP contribution in [0.15, 0.2) is 22.7 Å². The van der Waals surface area contributed by atoms with Gasteiger partial charge in [-0.15, -0.1) is 0 Å². The van der Waals surface area contributed by atoms with Gasteiger partial charge in [-0.25, -0.2) is 4.39 Å². The van der Waals surface area contributed by atoms with Gasteiger partial charge in [0.25, 0.3) is 0 Å². The summed E-state index contributed by atoms with van der Waals surface area (Å²) < 4.78 is 14.1. The lowest BCUT2D eigenvalue weighted by Crippen LogP contribution is -2.19. The molecule has 1 atom stereocenters. The van der Waals surface area contributed by atoms with Crippen LogP contribution in [-0.2, 0) is 0 Å². The highest BCUT2D eigenvalue weighted by atomic mass is 79.9. The lowest BCUT2D eigenvalue weighted by molar-refractivity contribution is 0.337. The second-order valence-electron chi connectivity index (χ2n) is 5.58. The van der Waals surface area contributed by atoms with E-state index in [1.54, 1.807) is 6.07 Å². The van der Waals surface area contributed by atoms with Crippen LogP contribution in [0.3, 0.4) is 0 Å². The maximum absolute atomic E-state index is 13.5. The highest BCUT2D eigenvalue weighted by Gasteiger charge is 2.18. The van der Waals surface area contributed by atoms with Crippen molar-refractivity contribution in [3.8, 4) is 0 Å². The zero-order valence-electron chi connectivity index (χ0n) is 11.0. The summed E-state index contributed by atoms with van der Waals surface area (Å²) in [6, 6.07) is 5.40. The summed E-state index contributed by atoms with van der Waals surface area (Å²) in [5.74, 6) is -0.196. The predicted octanol–water partition coefficient (Wildman–Crippen LogP) is 4.68. The third kappa shape index (κ3) is 4.40. The molecule has 0 heterocycles.